The molecule has 270 valence electrons. The van der Waals surface area contributed by atoms with Crippen molar-refractivity contribution >= 4 is 30.0 Å². The van der Waals surface area contributed by atoms with Gasteiger partial charge in [-0.3, -0.25) is 29.7 Å². The van der Waals surface area contributed by atoms with Gasteiger partial charge in [-0.15, -0.1) is 12.8 Å². The van der Waals surface area contributed by atoms with Gasteiger partial charge in [0.1, 0.15) is 18.2 Å². The molecule has 0 aromatic heterocycles. The van der Waals surface area contributed by atoms with Crippen molar-refractivity contribution in [1.82, 2.24) is 10.6 Å². The Morgan fingerprint density at radius 3 is 2.38 bits per heavy atom. The molecule has 0 aliphatic heterocycles. The molecule has 10 heteroatoms. The first-order valence-electron chi connectivity index (χ1n) is 16.1. The van der Waals surface area contributed by atoms with Gasteiger partial charge in [-0.25, -0.2) is 8.78 Å². The Labute approximate surface area is 297 Å². The first-order valence-corrected chi connectivity index (χ1v) is 16.1. The minimum absolute atomic E-state index is 0.00941. The third-order valence-corrected chi connectivity index (χ3v) is 6.60. The molecule has 0 unspecified atom stereocenters. The van der Waals surface area contributed by atoms with E-state index >= 15 is 0 Å². The highest BCUT2D eigenvalue weighted by atomic mass is 19.1. The van der Waals surface area contributed by atoms with E-state index < -0.39 is 24.1 Å². The molecular weight excluding hydrogens is 636 g/mol. The van der Waals surface area contributed by atoms with E-state index in [-0.39, 0.29) is 18.4 Å². The van der Waals surface area contributed by atoms with Crippen LogP contribution in [0.2, 0.25) is 0 Å². The van der Waals surface area contributed by atoms with Crippen LogP contribution >= 0.6 is 0 Å². The summed E-state index contributed by atoms with van der Waals surface area (Å²) >= 11 is 0. The smallest absolute Gasteiger partial charge is 0.238 e. The Morgan fingerprint density at radius 2 is 1.80 bits per heavy atom. The van der Waals surface area contributed by atoms with Crippen LogP contribution in [0.25, 0.3) is 0 Å². The first-order chi connectivity index (χ1) is 24.1. The standard InChI is InChI=1S/C27H33N5O3.C9H12F2.C2H6.C2H2/c1-21(31-24(20-33)22-11-4-3-5-12-22)30-19-25(34)32-23-13-6-7-15-27(26(28)35,17-10-14-23)16-8-9-18-29-2;1-8(7-10)5-3-4-6-9(2)11;2*1-2/h3-14,18,20-21,30H,15-17,19H2,1-2H3,(H2,28,35)(H,32,34);4-6H,2-3,7H2,1H3;1-2H3;1-2H/b7-6+,9-8-,14-10+,23-13+,29-18?,31-24+;6-4-,8-5+;;/t21-,27+;;;/m1.../s1. The third-order valence-electron chi connectivity index (χ3n) is 6.60. The number of primary amides is 1. The second-order valence-electron chi connectivity index (χ2n) is 10.4. The summed E-state index contributed by atoms with van der Waals surface area (Å²) in [6, 6.07) is 9.13. The van der Waals surface area contributed by atoms with Crippen molar-refractivity contribution < 1.29 is 23.2 Å². The van der Waals surface area contributed by atoms with Crippen molar-refractivity contribution in [3.8, 4) is 12.8 Å². The fraction of sp³-hybridized carbons (Fsp3) is 0.325. The largest absolute Gasteiger partial charge is 0.369 e. The summed E-state index contributed by atoms with van der Waals surface area (Å²) in [6.07, 6.45) is 29.2. The molecule has 0 fully saturated rings. The lowest BCUT2D eigenvalue weighted by atomic mass is 9.77. The topological polar surface area (TPSA) is 126 Å². The van der Waals surface area contributed by atoms with Crippen molar-refractivity contribution in [3.05, 3.63) is 120 Å². The van der Waals surface area contributed by atoms with Crippen molar-refractivity contribution in [2.24, 2.45) is 21.1 Å². The summed E-state index contributed by atoms with van der Waals surface area (Å²) in [5, 5.41) is 5.84. The van der Waals surface area contributed by atoms with E-state index in [1.807, 2.05) is 50.3 Å². The Morgan fingerprint density at radius 1 is 1.14 bits per heavy atom. The van der Waals surface area contributed by atoms with Crippen LogP contribution in [-0.4, -0.2) is 56.5 Å². The van der Waals surface area contributed by atoms with Gasteiger partial charge in [-0.05, 0) is 69.4 Å². The average molecular weight is 690 g/mol. The number of halogens is 2. The number of rotatable bonds is 15. The number of amides is 2. The molecule has 50 heavy (non-hydrogen) atoms. The van der Waals surface area contributed by atoms with Gasteiger partial charge in [0.25, 0.3) is 0 Å². The molecule has 2 atom stereocenters. The number of nitrogens with two attached hydrogens (primary N) is 1. The minimum atomic E-state index is -0.748. The molecule has 1 aromatic rings. The molecule has 0 spiro atoms. The molecular formula is C40H53F2N5O3. The molecule has 2 rings (SSSR count). The van der Waals surface area contributed by atoms with Crippen LogP contribution in [0.1, 0.15) is 58.9 Å². The predicted molar refractivity (Wildman–Crippen MR) is 205 cm³/mol. The van der Waals surface area contributed by atoms with Crippen LogP contribution in [0.15, 0.2) is 125 Å². The average Bonchev–Trinajstić information content (AvgIpc) is 3.23. The van der Waals surface area contributed by atoms with Gasteiger partial charge in [0, 0.05) is 24.5 Å². The Balaban J connectivity index is 0. The maximum absolute atomic E-state index is 12.5. The van der Waals surface area contributed by atoms with E-state index in [4.69, 9.17) is 5.73 Å². The summed E-state index contributed by atoms with van der Waals surface area (Å²) < 4.78 is 23.7. The predicted octanol–water partition coefficient (Wildman–Crippen LogP) is 7.24. The number of hydrogen-bond donors (Lipinski definition) is 3. The van der Waals surface area contributed by atoms with Crippen LogP contribution < -0.4 is 16.4 Å². The SMILES string of the molecule is C#C.C=C(F)/C=C\C/C=C(\C)CF.CC.CN=C/C=C\C[C@@]1(C(N)=O)C/C=C/C=C(NC(=O)CN[C@@H](C)/N=C(\C=O)c2ccccc2)\C=C\C1. The lowest BCUT2D eigenvalue weighted by Crippen LogP contribution is -2.37. The molecule has 0 bridgehead atoms. The number of benzene rings is 1. The lowest BCUT2D eigenvalue weighted by Gasteiger charge is -2.27. The number of nitrogens with one attached hydrogen (secondary N) is 2. The highest BCUT2D eigenvalue weighted by Gasteiger charge is 2.33. The Bertz CT molecular complexity index is 1440. The monoisotopic (exact) mass is 689 g/mol. The summed E-state index contributed by atoms with van der Waals surface area (Å²) in [7, 11) is 1.68. The number of hydrogen-bond acceptors (Lipinski definition) is 6. The number of aliphatic imine (C=N–C) groups is 2. The van der Waals surface area contributed by atoms with Gasteiger partial charge >= 0.3 is 0 Å². The number of alkyl halides is 1. The van der Waals surface area contributed by atoms with Gasteiger partial charge in [0.05, 0.1) is 18.1 Å². The number of aldehydes is 1. The van der Waals surface area contributed by atoms with E-state index in [9.17, 15) is 23.2 Å². The molecule has 1 aliphatic carbocycles. The van der Waals surface area contributed by atoms with Crippen molar-refractivity contribution in [1.29, 1.82) is 0 Å². The van der Waals surface area contributed by atoms with E-state index in [0.29, 0.717) is 54.5 Å². The zero-order valence-corrected chi connectivity index (χ0v) is 29.9. The van der Waals surface area contributed by atoms with Crippen LogP contribution in [-0.2, 0) is 14.4 Å². The molecule has 0 radical (unpaired) electrons. The van der Waals surface area contributed by atoms with E-state index in [2.05, 4.69) is 40.0 Å². The Kier molecular flexibility index (Phi) is 28.0. The minimum Gasteiger partial charge on any atom is -0.369 e. The molecule has 8 nitrogen and oxygen atoms in total. The normalized spacial score (nSPS) is 18.9. The molecule has 0 heterocycles. The summed E-state index contributed by atoms with van der Waals surface area (Å²) in [5.41, 5.74) is 7.29. The number of allylic oxidation sites excluding steroid dienone is 12. The fourth-order valence-electron chi connectivity index (χ4n) is 4.01. The van der Waals surface area contributed by atoms with Gasteiger partial charge in [0.2, 0.25) is 11.8 Å². The third kappa shape index (κ3) is 21.6. The van der Waals surface area contributed by atoms with Gasteiger partial charge in [0.15, 0.2) is 6.29 Å². The number of carbonyl (C=O) groups is 3. The molecule has 0 saturated heterocycles. The van der Waals surface area contributed by atoms with Gasteiger partial charge < -0.3 is 11.1 Å². The van der Waals surface area contributed by atoms with Gasteiger partial charge in [-0.1, -0.05) is 87.2 Å². The van der Waals surface area contributed by atoms with E-state index in [0.717, 1.165) is 0 Å². The van der Waals surface area contributed by atoms with Crippen LogP contribution in [0, 0.1) is 18.3 Å². The number of nitrogens with zero attached hydrogens (tertiary/aromatic N) is 2. The van der Waals surface area contributed by atoms with Gasteiger partial charge in [-0.2, -0.15) is 0 Å². The maximum atomic E-state index is 12.5. The molecule has 2 amide bonds. The van der Waals surface area contributed by atoms with Crippen molar-refractivity contribution in [2.45, 2.75) is 59.5 Å². The van der Waals surface area contributed by atoms with Crippen LogP contribution in [0.3, 0.4) is 0 Å². The Hall–Kier alpha value is -5.27. The lowest BCUT2D eigenvalue weighted by molar-refractivity contribution is -0.127. The van der Waals surface area contributed by atoms with E-state index in [1.54, 1.807) is 75.7 Å². The van der Waals surface area contributed by atoms with Crippen LogP contribution in [0.5, 0.6) is 0 Å². The molecule has 1 aromatic carbocycles. The number of terminal acetylenes is 1. The molecule has 0 saturated carbocycles. The number of carbonyl (C=O) groups excluding carboxylic acids is 3. The summed E-state index contributed by atoms with van der Waals surface area (Å²) in [6.45, 7) is 10.1. The maximum Gasteiger partial charge on any atom is 0.238 e. The first kappa shape index (κ1) is 46.8. The fourth-order valence-corrected chi connectivity index (χ4v) is 4.01. The second-order valence-corrected chi connectivity index (χ2v) is 10.4. The quantitative estimate of drug-likeness (QED) is 0.0590. The highest BCUT2D eigenvalue weighted by Crippen LogP contribution is 2.33. The van der Waals surface area contributed by atoms with Crippen molar-refractivity contribution in [3.63, 3.8) is 0 Å². The zero-order valence-electron chi connectivity index (χ0n) is 29.9. The zero-order chi connectivity index (χ0) is 38.2. The van der Waals surface area contributed by atoms with Crippen LogP contribution in [0.4, 0.5) is 8.78 Å². The second kappa shape index (κ2) is 29.8. The van der Waals surface area contributed by atoms with E-state index in [1.165, 1.54) is 6.08 Å². The molecule has 1 aliphatic rings. The molecule has 4 N–H and O–H groups in total. The summed E-state index contributed by atoms with van der Waals surface area (Å²) in [4.78, 5) is 44.4. The highest BCUT2D eigenvalue weighted by molar-refractivity contribution is 6.36. The van der Waals surface area contributed by atoms with Crippen molar-refractivity contribution in [2.75, 3.05) is 20.3 Å². The summed E-state index contributed by atoms with van der Waals surface area (Å²) in [5.74, 6) is -1.11.